The summed E-state index contributed by atoms with van der Waals surface area (Å²) in [5.41, 5.74) is 5.77. The molecule has 1 fully saturated rings. The molecule has 4 heteroatoms. The fourth-order valence-corrected chi connectivity index (χ4v) is 2.03. The number of halogens is 1. The predicted molar refractivity (Wildman–Crippen MR) is 69.6 cm³/mol. The molecule has 0 heterocycles. The summed E-state index contributed by atoms with van der Waals surface area (Å²) < 4.78 is 0. The van der Waals surface area contributed by atoms with Crippen LogP contribution in [0.2, 0.25) is 0 Å². The molecule has 0 saturated heterocycles. The SMILES string of the molecule is CCC(CC)(CN)NC(=O)C1CC1(C)C.Cl. The third-order valence-electron chi connectivity index (χ3n) is 3.96. The summed E-state index contributed by atoms with van der Waals surface area (Å²) in [4.78, 5) is 11.9. The first-order valence-corrected chi connectivity index (χ1v) is 5.93. The fraction of sp³-hybridized carbons (Fsp3) is 0.917. The molecule has 1 aliphatic rings. The van der Waals surface area contributed by atoms with Gasteiger partial charge in [0.25, 0.3) is 0 Å². The molecule has 96 valence electrons. The lowest BCUT2D eigenvalue weighted by Gasteiger charge is -2.31. The number of amides is 1. The first kappa shape index (κ1) is 15.7. The van der Waals surface area contributed by atoms with Crippen LogP contribution in [0.3, 0.4) is 0 Å². The Morgan fingerprint density at radius 3 is 2.12 bits per heavy atom. The number of nitrogens with two attached hydrogens (primary N) is 1. The smallest absolute Gasteiger partial charge is 0.224 e. The van der Waals surface area contributed by atoms with Gasteiger partial charge < -0.3 is 11.1 Å². The molecular formula is C12H25ClN2O. The van der Waals surface area contributed by atoms with Gasteiger partial charge in [0.05, 0.1) is 5.54 Å². The normalized spacial score (nSPS) is 22.2. The Labute approximate surface area is 105 Å². The minimum atomic E-state index is -0.185. The van der Waals surface area contributed by atoms with Crippen molar-refractivity contribution in [2.45, 2.75) is 52.5 Å². The third kappa shape index (κ3) is 3.11. The monoisotopic (exact) mass is 248 g/mol. The number of carbonyl (C=O) groups is 1. The lowest BCUT2D eigenvalue weighted by Crippen LogP contribution is -2.53. The first-order valence-electron chi connectivity index (χ1n) is 5.93. The van der Waals surface area contributed by atoms with Crippen molar-refractivity contribution in [3.05, 3.63) is 0 Å². The van der Waals surface area contributed by atoms with Crippen molar-refractivity contribution in [2.24, 2.45) is 17.1 Å². The topological polar surface area (TPSA) is 55.1 Å². The highest BCUT2D eigenvalue weighted by molar-refractivity contribution is 5.85. The maximum Gasteiger partial charge on any atom is 0.224 e. The van der Waals surface area contributed by atoms with Crippen molar-refractivity contribution < 1.29 is 4.79 Å². The predicted octanol–water partition coefficient (Wildman–Crippen LogP) is 2.09. The summed E-state index contributed by atoms with van der Waals surface area (Å²) in [6.45, 7) is 8.96. The summed E-state index contributed by atoms with van der Waals surface area (Å²) in [5, 5.41) is 3.13. The van der Waals surface area contributed by atoms with Gasteiger partial charge in [0, 0.05) is 12.5 Å². The van der Waals surface area contributed by atoms with E-state index in [-0.39, 0.29) is 35.2 Å². The minimum Gasteiger partial charge on any atom is -0.349 e. The summed E-state index contributed by atoms with van der Waals surface area (Å²) >= 11 is 0. The standard InChI is InChI=1S/C12H24N2O.ClH/c1-5-12(6-2,8-13)14-10(15)9-7-11(9,3)4;/h9H,5-8,13H2,1-4H3,(H,14,15);1H. The van der Waals surface area contributed by atoms with Crippen molar-refractivity contribution in [1.82, 2.24) is 5.32 Å². The maximum atomic E-state index is 11.9. The van der Waals surface area contributed by atoms with Crippen LogP contribution in [-0.2, 0) is 4.79 Å². The fourth-order valence-electron chi connectivity index (χ4n) is 2.03. The van der Waals surface area contributed by atoms with E-state index in [1.165, 1.54) is 0 Å². The number of hydrogen-bond acceptors (Lipinski definition) is 2. The molecule has 1 rings (SSSR count). The molecule has 0 aromatic carbocycles. The van der Waals surface area contributed by atoms with Crippen LogP contribution in [0.1, 0.15) is 47.0 Å². The Morgan fingerprint density at radius 2 is 1.88 bits per heavy atom. The van der Waals surface area contributed by atoms with E-state index in [0.717, 1.165) is 19.3 Å². The van der Waals surface area contributed by atoms with Crippen molar-refractivity contribution in [3.63, 3.8) is 0 Å². The molecule has 0 aromatic rings. The second kappa shape index (κ2) is 5.37. The van der Waals surface area contributed by atoms with Gasteiger partial charge in [0.1, 0.15) is 0 Å². The molecule has 1 amide bonds. The van der Waals surface area contributed by atoms with E-state index in [0.29, 0.717) is 6.54 Å². The minimum absolute atomic E-state index is 0. The van der Waals surface area contributed by atoms with E-state index in [1.807, 2.05) is 0 Å². The average Bonchev–Trinajstić information content (AvgIpc) is 2.84. The lowest BCUT2D eigenvalue weighted by molar-refractivity contribution is -0.125. The Hall–Kier alpha value is -0.280. The number of hydrogen-bond donors (Lipinski definition) is 2. The van der Waals surface area contributed by atoms with Crippen LogP contribution >= 0.6 is 12.4 Å². The van der Waals surface area contributed by atoms with Crippen LogP contribution in [0, 0.1) is 11.3 Å². The summed E-state index contributed by atoms with van der Waals surface area (Å²) in [7, 11) is 0. The number of carbonyl (C=O) groups excluding carboxylic acids is 1. The molecule has 1 aliphatic carbocycles. The number of rotatable bonds is 5. The molecule has 0 spiro atoms. The maximum absolute atomic E-state index is 11.9. The molecule has 0 radical (unpaired) electrons. The van der Waals surface area contributed by atoms with Gasteiger partial charge in [-0.1, -0.05) is 27.7 Å². The average molecular weight is 249 g/mol. The second-order valence-corrected chi connectivity index (χ2v) is 5.43. The highest BCUT2D eigenvalue weighted by Crippen LogP contribution is 2.51. The Morgan fingerprint density at radius 1 is 1.44 bits per heavy atom. The van der Waals surface area contributed by atoms with Gasteiger partial charge in [-0.05, 0) is 24.7 Å². The molecule has 0 bridgehead atoms. The van der Waals surface area contributed by atoms with Crippen LogP contribution in [0.5, 0.6) is 0 Å². The highest BCUT2D eigenvalue weighted by Gasteiger charge is 2.51. The van der Waals surface area contributed by atoms with Gasteiger partial charge >= 0.3 is 0 Å². The van der Waals surface area contributed by atoms with Crippen molar-refractivity contribution >= 4 is 18.3 Å². The van der Waals surface area contributed by atoms with Crippen LogP contribution in [0.25, 0.3) is 0 Å². The summed E-state index contributed by atoms with van der Waals surface area (Å²) in [6, 6.07) is 0. The Kier molecular flexibility index (Phi) is 5.27. The van der Waals surface area contributed by atoms with Gasteiger partial charge in [-0.3, -0.25) is 4.79 Å². The van der Waals surface area contributed by atoms with E-state index >= 15 is 0 Å². The van der Waals surface area contributed by atoms with Gasteiger partial charge in [0.15, 0.2) is 0 Å². The molecule has 3 nitrogen and oxygen atoms in total. The quantitative estimate of drug-likeness (QED) is 0.783. The summed E-state index contributed by atoms with van der Waals surface area (Å²) in [5.74, 6) is 0.385. The molecule has 0 aromatic heterocycles. The highest BCUT2D eigenvalue weighted by atomic mass is 35.5. The Balaban J connectivity index is 0.00000225. The largest absolute Gasteiger partial charge is 0.349 e. The first-order chi connectivity index (χ1) is 6.90. The molecule has 1 unspecified atom stereocenters. The lowest BCUT2D eigenvalue weighted by atomic mass is 9.92. The van der Waals surface area contributed by atoms with Gasteiger partial charge in [-0.15, -0.1) is 12.4 Å². The third-order valence-corrected chi connectivity index (χ3v) is 3.96. The molecule has 3 N–H and O–H groups in total. The molecule has 0 aliphatic heterocycles. The van der Waals surface area contributed by atoms with E-state index in [4.69, 9.17) is 5.73 Å². The molecule has 1 saturated carbocycles. The van der Waals surface area contributed by atoms with Crippen LogP contribution in [0.4, 0.5) is 0 Å². The molecule has 1 atom stereocenters. The van der Waals surface area contributed by atoms with E-state index < -0.39 is 0 Å². The van der Waals surface area contributed by atoms with Gasteiger partial charge in [-0.25, -0.2) is 0 Å². The van der Waals surface area contributed by atoms with E-state index in [2.05, 4.69) is 33.0 Å². The zero-order valence-corrected chi connectivity index (χ0v) is 11.6. The van der Waals surface area contributed by atoms with Crippen molar-refractivity contribution in [2.75, 3.05) is 6.54 Å². The Bertz CT molecular complexity index is 241. The zero-order chi connectivity index (χ0) is 11.7. The van der Waals surface area contributed by atoms with Crippen LogP contribution in [-0.4, -0.2) is 18.0 Å². The van der Waals surface area contributed by atoms with Crippen molar-refractivity contribution in [3.8, 4) is 0 Å². The van der Waals surface area contributed by atoms with E-state index in [9.17, 15) is 4.79 Å². The molecular weight excluding hydrogens is 224 g/mol. The van der Waals surface area contributed by atoms with Crippen LogP contribution in [0.15, 0.2) is 0 Å². The second-order valence-electron chi connectivity index (χ2n) is 5.43. The molecule has 16 heavy (non-hydrogen) atoms. The van der Waals surface area contributed by atoms with E-state index in [1.54, 1.807) is 0 Å². The zero-order valence-electron chi connectivity index (χ0n) is 10.8. The van der Waals surface area contributed by atoms with Gasteiger partial charge in [0.2, 0.25) is 5.91 Å². The van der Waals surface area contributed by atoms with Gasteiger partial charge in [-0.2, -0.15) is 0 Å². The summed E-state index contributed by atoms with van der Waals surface area (Å²) in [6.07, 6.45) is 2.81. The van der Waals surface area contributed by atoms with Crippen LogP contribution < -0.4 is 11.1 Å². The number of nitrogens with one attached hydrogen (secondary N) is 1. The van der Waals surface area contributed by atoms with Crippen molar-refractivity contribution in [1.29, 1.82) is 0 Å².